The lowest BCUT2D eigenvalue weighted by Gasteiger charge is -2.00. The molecule has 2 rings (SSSR count). The van der Waals surface area contributed by atoms with Crippen LogP contribution in [0.4, 0.5) is 4.39 Å². The van der Waals surface area contributed by atoms with Crippen molar-refractivity contribution in [3.63, 3.8) is 0 Å². The highest BCUT2D eigenvalue weighted by atomic mass is 19.1. The van der Waals surface area contributed by atoms with Crippen LogP contribution in [0.15, 0.2) is 30.6 Å². The van der Waals surface area contributed by atoms with Crippen LogP contribution in [-0.4, -0.2) is 20.1 Å². The smallest absolute Gasteiger partial charge is 0.178 e. The van der Waals surface area contributed by atoms with E-state index in [4.69, 9.17) is 5.11 Å². The summed E-state index contributed by atoms with van der Waals surface area (Å²) in [6, 6.07) is 4.39. The van der Waals surface area contributed by atoms with E-state index >= 15 is 0 Å². The molecule has 76 valence electrons. The number of hydrogen-bond donors (Lipinski definition) is 1. The fraction of sp³-hybridized carbons (Fsp3) is 0.100. The van der Waals surface area contributed by atoms with Gasteiger partial charge in [0, 0.05) is 6.20 Å². The Morgan fingerprint density at radius 2 is 2.07 bits per heavy atom. The fourth-order valence-electron chi connectivity index (χ4n) is 1.12. The van der Waals surface area contributed by atoms with Crippen LogP contribution in [0.3, 0.4) is 0 Å². The first-order valence-corrected chi connectivity index (χ1v) is 4.34. The van der Waals surface area contributed by atoms with E-state index in [0.717, 1.165) is 6.20 Å². The highest BCUT2D eigenvalue weighted by molar-refractivity contribution is 5.48. The summed E-state index contributed by atoms with van der Waals surface area (Å²) in [6.07, 6.45) is 2.63. The van der Waals surface area contributed by atoms with Gasteiger partial charge in [-0.25, -0.2) is 19.3 Å². The van der Waals surface area contributed by atoms with Gasteiger partial charge in [-0.2, -0.15) is 0 Å². The maximum Gasteiger partial charge on any atom is 0.178 e. The summed E-state index contributed by atoms with van der Waals surface area (Å²) in [4.78, 5) is 11.9. The number of aliphatic hydroxyl groups is 1. The molecule has 0 fully saturated rings. The summed E-state index contributed by atoms with van der Waals surface area (Å²) >= 11 is 0. The molecule has 0 unspecified atom stereocenters. The van der Waals surface area contributed by atoms with Crippen molar-refractivity contribution in [3.05, 3.63) is 42.1 Å². The van der Waals surface area contributed by atoms with Gasteiger partial charge in [0.1, 0.15) is 11.5 Å². The average Bonchev–Trinajstić information content (AvgIpc) is 2.30. The van der Waals surface area contributed by atoms with Crippen molar-refractivity contribution in [1.29, 1.82) is 0 Å². The van der Waals surface area contributed by atoms with Crippen LogP contribution in [0.1, 0.15) is 5.69 Å². The van der Waals surface area contributed by atoms with Crippen molar-refractivity contribution in [1.82, 2.24) is 15.0 Å². The molecule has 0 saturated heterocycles. The van der Waals surface area contributed by atoms with Crippen LogP contribution in [0, 0.1) is 5.82 Å². The van der Waals surface area contributed by atoms with Gasteiger partial charge in [-0.05, 0) is 18.2 Å². The molecule has 0 aliphatic heterocycles. The molecular weight excluding hydrogens is 197 g/mol. The molecule has 2 heterocycles. The van der Waals surface area contributed by atoms with E-state index < -0.39 is 5.82 Å². The van der Waals surface area contributed by atoms with Crippen molar-refractivity contribution >= 4 is 0 Å². The molecule has 0 radical (unpaired) electrons. The van der Waals surface area contributed by atoms with Crippen LogP contribution < -0.4 is 0 Å². The Kier molecular flexibility index (Phi) is 2.64. The lowest BCUT2D eigenvalue weighted by Crippen LogP contribution is -1.96. The number of pyridine rings is 1. The van der Waals surface area contributed by atoms with E-state index in [9.17, 15) is 4.39 Å². The summed E-state index contributed by atoms with van der Waals surface area (Å²) in [5.74, 6) is -0.0291. The standard InChI is InChI=1S/C10H8FN3O/c11-7-1-2-9(13-5-7)10-12-4-3-8(6-15)14-10/h1-5,15H,6H2. The number of nitrogens with zero attached hydrogens (tertiary/aromatic N) is 3. The van der Waals surface area contributed by atoms with Crippen LogP contribution in [-0.2, 0) is 6.61 Å². The Morgan fingerprint density at radius 3 is 2.73 bits per heavy atom. The minimum atomic E-state index is -0.405. The number of aliphatic hydroxyl groups excluding tert-OH is 1. The first-order chi connectivity index (χ1) is 7.29. The summed E-state index contributed by atoms with van der Waals surface area (Å²) in [5.41, 5.74) is 0.984. The van der Waals surface area contributed by atoms with Gasteiger partial charge >= 0.3 is 0 Å². The predicted molar refractivity (Wildman–Crippen MR) is 51.1 cm³/mol. The van der Waals surface area contributed by atoms with E-state index in [1.54, 1.807) is 6.07 Å². The molecule has 1 N–H and O–H groups in total. The quantitative estimate of drug-likeness (QED) is 0.799. The molecule has 0 aromatic carbocycles. The Morgan fingerprint density at radius 1 is 1.20 bits per heavy atom. The van der Waals surface area contributed by atoms with Gasteiger partial charge in [-0.15, -0.1) is 0 Å². The van der Waals surface area contributed by atoms with Gasteiger partial charge < -0.3 is 5.11 Å². The third-order valence-corrected chi connectivity index (χ3v) is 1.83. The van der Waals surface area contributed by atoms with Crippen molar-refractivity contribution < 1.29 is 9.50 Å². The van der Waals surface area contributed by atoms with Crippen LogP contribution in [0.5, 0.6) is 0 Å². The first kappa shape index (κ1) is 9.67. The summed E-state index contributed by atoms with van der Waals surface area (Å²) in [6.45, 7) is -0.156. The molecule has 0 atom stereocenters. The zero-order valence-electron chi connectivity index (χ0n) is 7.76. The molecule has 0 saturated carbocycles. The molecule has 0 aliphatic rings. The minimum Gasteiger partial charge on any atom is -0.390 e. The maximum absolute atomic E-state index is 12.6. The van der Waals surface area contributed by atoms with E-state index in [-0.39, 0.29) is 6.61 Å². The monoisotopic (exact) mass is 205 g/mol. The second kappa shape index (κ2) is 4.10. The summed E-state index contributed by atoms with van der Waals surface area (Å²) < 4.78 is 12.6. The SMILES string of the molecule is OCc1ccnc(-c2ccc(F)cn2)n1. The average molecular weight is 205 g/mol. The molecule has 2 aromatic rings. The zero-order valence-corrected chi connectivity index (χ0v) is 7.76. The lowest BCUT2D eigenvalue weighted by atomic mass is 10.3. The van der Waals surface area contributed by atoms with Crippen LogP contribution in [0.25, 0.3) is 11.5 Å². The number of rotatable bonds is 2. The van der Waals surface area contributed by atoms with Crippen LogP contribution >= 0.6 is 0 Å². The lowest BCUT2D eigenvalue weighted by molar-refractivity contribution is 0.277. The largest absolute Gasteiger partial charge is 0.390 e. The summed E-state index contributed by atoms with van der Waals surface area (Å²) in [7, 11) is 0. The van der Waals surface area contributed by atoms with Crippen LogP contribution in [0.2, 0.25) is 0 Å². The fourth-order valence-corrected chi connectivity index (χ4v) is 1.12. The number of hydrogen-bond acceptors (Lipinski definition) is 4. The van der Waals surface area contributed by atoms with Gasteiger partial charge in [0.25, 0.3) is 0 Å². The molecule has 4 nitrogen and oxygen atoms in total. The summed E-state index contributed by atoms with van der Waals surface area (Å²) in [5, 5.41) is 8.88. The third-order valence-electron chi connectivity index (χ3n) is 1.83. The van der Waals surface area contributed by atoms with Crippen molar-refractivity contribution in [3.8, 4) is 11.5 Å². The number of aromatic nitrogens is 3. The zero-order chi connectivity index (χ0) is 10.7. The van der Waals surface area contributed by atoms with Crippen molar-refractivity contribution in [2.75, 3.05) is 0 Å². The molecule has 0 bridgehead atoms. The Labute approximate surface area is 85.5 Å². The van der Waals surface area contributed by atoms with Gasteiger partial charge in [0.2, 0.25) is 0 Å². The highest BCUT2D eigenvalue weighted by Crippen LogP contribution is 2.11. The minimum absolute atomic E-state index is 0.156. The Bertz CT molecular complexity index is 458. The van der Waals surface area contributed by atoms with Crippen molar-refractivity contribution in [2.45, 2.75) is 6.61 Å². The molecule has 0 aliphatic carbocycles. The normalized spacial score (nSPS) is 10.3. The van der Waals surface area contributed by atoms with Gasteiger partial charge in [-0.1, -0.05) is 0 Å². The Hall–Kier alpha value is -1.88. The van der Waals surface area contributed by atoms with E-state index in [2.05, 4.69) is 15.0 Å². The van der Waals surface area contributed by atoms with Gasteiger partial charge in [0.15, 0.2) is 5.82 Å². The molecule has 2 aromatic heterocycles. The third kappa shape index (κ3) is 2.13. The van der Waals surface area contributed by atoms with E-state index in [1.165, 1.54) is 18.3 Å². The topological polar surface area (TPSA) is 58.9 Å². The maximum atomic E-state index is 12.6. The molecule has 0 amide bonds. The molecule has 5 heteroatoms. The molecular formula is C10H8FN3O. The first-order valence-electron chi connectivity index (χ1n) is 4.34. The second-order valence-electron chi connectivity index (χ2n) is 2.89. The predicted octanol–water partition coefficient (Wildman–Crippen LogP) is 1.17. The molecule has 15 heavy (non-hydrogen) atoms. The molecule has 0 spiro atoms. The Balaban J connectivity index is 2.40. The second-order valence-corrected chi connectivity index (χ2v) is 2.89. The van der Waals surface area contributed by atoms with Gasteiger partial charge in [-0.3, -0.25) is 0 Å². The number of halogens is 1. The van der Waals surface area contributed by atoms with Crippen molar-refractivity contribution in [2.24, 2.45) is 0 Å². The van der Waals surface area contributed by atoms with E-state index in [0.29, 0.717) is 17.2 Å². The van der Waals surface area contributed by atoms with E-state index in [1.807, 2.05) is 0 Å². The highest BCUT2D eigenvalue weighted by Gasteiger charge is 2.03. The van der Waals surface area contributed by atoms with Gasteiger partial charge in [0.05, 0.1) is 18.5 Å².